The van der Waals surface area contributed by atoms with Crippen molar-refractivity contribution >= 4 is 5.91 Å². The van der Waals surface area contributed by atoms with Crippen molar-refractivity contribution in [2.45, 2.75) is 31.1 Å². The molecule has 0 radical (unpaired) electrons. The lowest BCUT2D eigenvalue weighted by Gasteiger charge is -2.38. The summed E-state index contributed by atoms with van der Waals surface area (Å²) < 4.78 is 13.0. The number of tetrazole rings is 1. The van der Waals surface area contributed by atoms with E-state index in [2.05, 4.69) is 15.5 Å². The number of likely N-dealkylation sites (tertiary alicyclic amines) is 1. The smallest absolute Gasteiger partial charge is 0.247 e. The van der Waals surface area contributed by atoms with E-state index in [1.165, 1.54) is 6.33 Å². The quantitative estimate of drug-likeness (QED) is 0.817. The fraction of sp³-hybridized carbons (Fsp3) is 0.529. The second kappa shape index (κ2) is 6.89. The molecule has 2 saturated heterocycles. The van der Waals surface area contributed by atoms with Crippen molar-refractivity contribution in [2.24, 2.45) is 0 Å². The third kappa shape index (κ3) is 3.40. The predicted octanol–water partition coefficient (Wildman–Crippen LogP) is 0.822. The maximum absolute atomic E-state index is 13.1. The third-order valence-electron chi connectivity index (χ3n) is 4.89. The van der Waals surface area contributed by atoms with Gasteiger partial charge in [0.1, 0.15) is 12.4 Å². The van der Waals surface area contributed by atoms with Crippen LogP contribution in [0, 0.1) is 0 Å². The van der Waals surface area contributed by atoms with Crippen LogP contribution in [0.4, 0.5) is 0 Å². The maximum atomic E-state index is 13.1. The molecule has 0 aliphatic carbocycles. The Morgan fingerprint density at radius 1 is 1.16 bits per heavy atom. The molecule has 2 aromatic rings. The minimum Gasteiger partial charge on any atom is -0.347 e. The number of ether oxygens (including phenoxy) is 2. The van der Waals surface area contributed by atoms with Gasteiger partial charge in [-0.2, -0.15) is 0 Å². The van der Waals surface area contributed by atoms with Crippen LogP contribution in [0.3, 0.4) is 0 Å². The van der Waals surface area contributed by atoms with E-state index in [-0.39, 0.29) is 5.91 Å². The Balaban J connectivity index is 1.48. The molecule has 1 aromatic heterocycles. The topological polar surface area (TPSA) is 82.4 Å². The molecule has 4 rings (SSSR count). The van der Waals surface area contributed by atoms with Crippen LogP contribution < -0.4 is 0 Å². The summed E-state index contributed by atoms with van der Waals surface area (Å²) in [6.45, 7) is 2.50. The van der Waals surface area contributed by atoms with E-state index in [1.54, 1.807) is 4.68 Å². The molecule has 132 valence electrons. The van der Waals surface area contributed by atoms with E-state index in [4.69, 9.17) is 9.47 Å². The first-order valence-electron chi connectivity index (χ1n) is 8.59. The van der Waals surface area contributed by atoms with Crippen molar-refractivity contribution in [1.29, 1.82) is 0 Å². The van der Waals surface area contributed by atoms with Crippen molar-refractivity contribution in [2.75, 3.05) is 26.3 Å². The number of nitrogens with zero attached hydrogens (tertiary/aromatic N) is 5. The summed E-state index contributed by atoms with van der Waals surface area (Å²) in [6, 6.07) is 9.47. The molecule has 8 heteroatoms. The second-order valence-corrected chi connectivity index (χ2v) is 6.43. The molecule has 1 aromatic carbocycles. The normalized spacial score (nSPS) is 20.7. The van der Waals surface area contributed by atoms with Crippen LogP contribution in [0.5, 0.6) is 0 Å². The Bertz CT molecular complexity index is 690. The highest BCUT2D eigenvalue weighted by Gasteiger charge is 2.42. The van der Waals surface area contributed by atoms with E-state index in [0.29, 0.717) is 45.6 Å². The molecule has 25 heavy (non-hydrogen) atoms. The molecule has 1 atom stereocenters. The van der Waals surface area contributed by atoms with Gasteiger partial charge in [0, 0.05) is 32.4 Å². The number of rotatable bonds is 4. The van der Waals surface area contributed by atoms with E-state index in [0.717, 1.165) is 5.56 Å². The lowest BCUT2D eigenvalue weighted by Crippen LogP contribution is -2.49. The molecule has 0 bridgehead atoms. The predicted molar refractivity (Wildman–Crippen MR) is 87.4 cm³/mol. The van der Waals surface area contributed by atoms with Gasteiger partial charge in [-0.05, 0) is 16.0 Å². The minimum atomic E-state index is -0.486. The largest absolute Gasteiger partial charge is 0.347 e. The van der Waals surface area contributed by atoms with E-state index < -0.39 is 11.8 Å². The van der Waals surface area contributed by atoms with Crippen LogP contribution in [-0.4, -0.2) is 63.1 Å². The Labute approximate surface area is 145 Å². The monoisotopic (exact) mass is 343 g/mol. The van der Waals surface area contributed by atoms with Gasteiger partial charge in [0.15, 0.2) is 5.79 Å². The van der Waals surface area contributed by atoms with E-state index >= 15 is 0 Å². The van der Waals surface area contributed by atoms with Gasteiger partial charge in [0.25, 0.3) is 0 Å². The summed E-state index contributed by atoms with van der Waals surface area (Å²) in [4.78, 5) is 15.0. The molecular formula is C17H21N5O3. The van der Waals surface area contributed by atoms with Crippen LogP contribution in [0.25, 0.3) is 0 Å². The Hall–Kier alpha value is -2.32. The number of hydrogen-bond donors (Lipinski definition) is 0. The first kappa shape index (κ1) is 16.2. The average Bonchev–Trinajstić information content (AvgIpc) is 3.33. The third-order valence-corrected chi connectivity index (χ3v) is 4.89. The average molecular weight is 343 g/mol. The van der Waals surface area contributed by atoms with Crippen LogP contribution in [0.1, 0.15) is 24.4 Å². The van der Waals surface area contributed by atoms with Crippen LogP contribution >= 0.6 is 0 Å². The fourth-order valence-corrected chi connectivity index (χ4v) is 3.51. The SMILES string of the molecule is O=C(C(Cc1ccccc1)n1cnnn1)N1CCC2(CC1)OCCO2. The number of carbonyl (C=O) groups excluding carboxylic acids is 1. The Morgan fingerprint density at radius 2 is 1.88 bits per heavy atom. The maximum Gasteiger partial charge on any atom is 0.247 e. The molecule has 0 N–H and O–H groups in total. The van der Waals surface area contributed by atoms with Gasteiger partial charge in [0.2, 0.25) is 5.91 Å². The Kier molecular flexibility index (Phi) is 4.46. The van der Waals surface area contributed by atoms with E-state index in [1.807, 2.05) is 35.2 Å². The van der Waals surface area contributed by atoms with Crippen LogP contribution in [-0.2, 0) is 20.7 Å². The van der Waals surface area contributed by atoms with Crippen LogP contribution in [0.15, 0.2) is 36.7 Å². The molecule has 1 amide bonds. The number of carbonyl (C=O) groups is 1. The number of benzene rings is 1. The first-order valence-corrected chi connectivity index (χ1v) is 8.59. The van der Waals surface area contributed by atoms with Gasteiger partial charge in [0.05, 0.1) is 13.2 Å². The van der Waals surface area contributed by atoms with Gasteiger partial charge >= 0.3 is 0 Å². The van der Waals surface area contributed by atoms with Gasteiger partial charge in [-0.1, -0.05) is 30.3 Å². The van der Waals surface area contributed by atoms with Gasteiger partial charge < -0.3 is 14.4 Å². The van der Waals surface area contributed by atoms with Gasteiger partial charge in [-0.15, -0.1) is 5.10 Å². The standard InChI is InChI=1S/C17H21N5O3/c23-16(21-8-6-17(7-9-21)24-10-11-25-17)15(22-13-18-19-20-22)12-14-4-2-1-3-5-14/h1-5,13,15H,6-12H2. The van der Waals surface area contributed by atoms with Crippen molar-refractivity contribution in [3.8, 4) is 0 Å². The highest BCUT2D eigenvalue weighted by molar-refractivity contribution is 5.80. The molecule has 2 aliphatic heterocycles. The number of aromatic nitrogens is 4. The summed E-state index contributed by atoms with van der Waals surface area (Å²) >= 11 is 0. The van der Waals surface area contributed by atoms with Crippen molar-refractivity contribution < 1.29 is 14.3 Å². The molecule has 1 spiro atoms. The number of piperidine rings is 1. The minimum absolute atomic E-state index is 0.0315. The molecule has 3 heterocycles. The number of hydrogen-bond acceptors (Lipinski definition) is 6. The molecule has 8 nitrogen and oxygen atoms in total. The molecule has 0 saturated carbocycles. The highest BCUT2D eigenvalue weighted by Crippen LogP contribution is 2.32. The summed E-state index contributed by atoms with van der Waals surface area (Å²) in [6.07, 6.45) is 3.46. The lowest BCUT2D eigenvalue weighted by molar-refractivity contribution is -0.188. The van der Waals surface area contributed by atoms with Gasteiger partial charge in [-0.25, -0.2) is 4.68 Å². The highest BCUT2D eigenvalue weighted by atomic mass is 16.7. The summed E-state index contributed by atoms with van der Waals surface area (Å²) in [5, 5.41) is 11.3. The molecular weight excluding hydrogens is 322 g/mol. The van der Waals surface area contributed by atoms with Crippen molar-refractivity contribution in [1.82, 2.24) is 25.1 Å². The zero-order valence-corrected chi connectivity index (χ0v) is 14.0. The Morgan fingerprint density at radius 3 is 2.52 bits per heavy atom. The summed E-state index contributed by atoms with van der Waals surface area (Å²) in [5.41, 5.74) is 1.08. The van der Waals surface area contributed by atoms with E-state index in [9.17, 15) is 4.79 Å². The molecule has 2 aliphatic rings. The molecule has 1 unspecified atom stereocenters. The zero-order valence-electron chi connectivity index (χ0n) is 14.0. The fourth-order valence-electron chi connectivity index (χ4n) is 3.51. The van der Waals surface area contributed by atoms with Crippen molar-refractivity contribution in [3.05, 3.63) is 42.2 Å². The van der Waals surface area contributed by atoms with Crippen molar-refractivity contribution in [3.63, 3.8) is 0 Å². The zero-order chi connectivity index (χ0) is 17.1. The lowest BCUT2D eigenvalue weighted by atomic mass is 10.0. The first-order chi connectivity index (χ1) is 12.3. The van der Waals surface area contributed by atoms with Gasteiger partial charge in [-0.3, -0.25) is 4.79 Å². The summed E-state index contributed by atoms with van der Waals surface area (Å²) in [5.74, 6) is -0.454. The second-order valence-electron chi connectivity index (χ2n) is 6.43. The molecule has 2 fully saturated rings. The van der Waals surface area contributed by atoms with Crippen LogP contribution in [0.2, 0.25) is 0 Å². The number of amides is 1. The summed E-state index contributed by atoms with van der Waals surface area (Å²) in [7, 11) is 0.